The fourth-order valence-corrected chi connectivity index (χ4v) is 2.53. The van der Waals surface area contributed by atoms with E-state index < -0.39 is 5.97 Å². The van der Waals surface area contributed by atoms with Gasteiger partial charge in [0.15, 0.2) is 0 Å². The Hall–Kier alpha value is -1.62. The van der Waals surface area contributed by atoms with Gasteiger partial charge < -0.3 is 15.1 Å². The molecule has 0 saturated carbocycles. The monoisotopic (exact) mass is 292 g/mol. The highest BCUT2D eigenvalue weighted by atomic mass is 16.4. The van der Waals surface area contributed by atoms with Gasteiger partial charge in [0.2, 0.25) is 0 Å². The SMILES string of the molecule is CC(C)(C)c1cc(C(=O)O)cc(N2CCC(CO)CC2)n1. The molecule has 0 bridgehead atoms. The predicted molar refractivity (Wildman–Crippen MR) is 81.9 cm³/mol. The number of aromatic nitrogens is 1. The number of carboxylic acids is 1. The van der Waals surface area contributed by atoms with Crippen molar-refractivity contribution in [3.63, 3.8) is 0 Å². The number of pyridine rings is 1. The van der Waals surface area contributed by atoms with E-state index in [1.54, 1.807) is 12.1 Å². The van der Waals surface area contributed by atoms with Crippen molar-refractivity contribution in [3.05, 3.63) is 23.4 Å². The van der Waals surface area contributed by atoms with E-state index in [2.05, 4.69) is 9.88 Å². The van der Waals surface area contributed by atoms with Gasteiger partial charge in [0.05, 0.1) is 5.56 Å². The smallest absolute Gasteiger partial charge is 0.335 e. The Balaban J connectivity index is 2.31. The summed E-state index contributed by atoms with van der Waals surface area (Å²) in [5.74, 6) is 0.164. The van der Waals surface area contributed by atoms with E-state index in [9.17, 15) is 15.0 Å². The van der Waals surface area contributed by atoms with E-state index in [0.717, 1.165) is 37.4 Å². The average Bonchev–Trinajstić information content (AvgIpc) is 2.46. The van der Waals surface area contributed by atoms with Crippen LogP contribution >= 0.6 is 0 Å². The summed E-state index contributed by atoms with van der Waals surface area (Å²) in [6.45, 7) is 7.94. The van der Waals surface area contributed by atoms with Gasteiger partial charge >= 0.3 is 5.97 Å². The lowest BCUT2D eigenvalue weighted by Crippen LogP contribution is -2.35. The zero-order chi connectivity index (χ0) is 15.6. The molecule has 0 amide bonds. The molecule has 1 aromatic rings. The van der Waals surface area contributed by atoms with Gasteiger partial charge in [-0.05, 0) is 30.9 Å². The van der Waals surface area contributed by atoms with Crippen LogP contribution in [-0.2, 0) is 5.41 Å². The van der Waals surface area contributed by atoms with E-state index >= 15 is 0 Å². The van der Waals surface area contributed by atoms with Crippen molar-refractivity contribution in [2.45, 2.75) is 39.0 Å². The molecule has 1 aliphatic heterocycles. The summed E-state index contributed by atoms with van der Waals surface area (Å²) >= 11 is 0. The number of aliphatic hydroxyl groups excluding tert-OH is 1. The molecule has 1 aromatic heterocycles. The Morgan fingerprint density at radius 2 is 1.95 bits per heavy atom. The first-order chi connectivity index (χ1) is 9.81. The molecule has 0 atom stereocenters. The third-order valence-electron chi connectivity index (χ3n) is 4.02. The molecule has 0 aliphatic carbocycles. The average molecular weight is 292 g/mol. The number of carbonyl (C=O) groups is 1. The minimum atomic E-state index is -0.922. The second-order valence-corrected chi connectivity index (χ2v) is 6.77. The molecule has 116 valence electrons. The molecule has 21 heavy (non-hydrogen) atoms. The number of rotatable bonds is 3. The quantitative estimate of drug-likeness (QED) is 0.894. The fraction of sp³-hybridized carbons (Fsp3) is 0.625. The van der Waals surface area contributed by atoms with Crippen molar-refractivity contribution in [2.75, 3.05) is 24.6 Å². The molecule has 2 rings (SSSR count). The van der Waals surface area contributed by atoms with E-state index in [1.807, 2.05) is 20.8 Å². The first kappa shape index (κ1) is 15.8. The Morgan fingerprint density at radius 1 is 1.33 bits per heavy atom. The van der Waals surface area contributed by atoms with E-state index in [0.29, 0.717) is 5.92 Å². The second-order valence-electron chi connectivity index (χ2n) is 6.77. The number of anilines is 1. The first-order valence-corrected chi connectivity index (χ1v) is 7.43. The van der Waals surface area contributed by atoms with Crippen molar-refractivity contribution in [2.24, 2.45) is 5.92 Å². The number of aromatic carboxylic acids is 1. The lowest BCUT2D eigenvalue weighted by molar-refractivity contribution is 0.0696. The third kappa shape index (κ3) is 3.73. The van der Waals surface area contributed by atoms with Gasteiger partial charge in [0, 0.05) is 30.8 Å². The summed E-state index contributed by atoms with van der Waals surface area (Å²) < 4.78 is 0. The maximum atomic E-state index is 11.3. The van der Waals surface area contributed by atoms with Crippen LogP contribution in [0.5, 0.6) is 0 Å². The van der Waals surface area contributed by atoms with Crippen molar-refractivity contribution in [1.29, 1.82) is 0 Å². The second kappa shape index (κ2) is 6.02. The van der Waals surface area contributed by atoms with Crippen LogP contribution < -0.4 is 4.90 Å². The van der Waals surface area contributed by atoms with Gasteiger partial charge in [-0.1, -0.05) is 20.8 Å². The molecule has 2 heterocycles. The van der Waals surface area contributed by atoms with Gasteiger partial charge in [0.1, 0.15) is 5.82 Å². The number of nitrogens with zero attached hydrogens (tertiary/aromatic N) is 2. The first-order valence-electron chi connectivity index (χ1n) is 7.43. The van der Waals surface area contributed by atoms with E-state index in [-0.39, 0.29) is 17.6 Å². The molecule has 0 spiro atoms. The number of hydrogen-bond donors (Lipinski definition) is 2. The highest BCUT2D eigenvalue weighted by Gasteiger charge is 2.23. The number of piperidine rings is 1. The highest BCUT2D eigenvalue weighted by molar-refractivity contribution is 5.88. The van der Waals surface area contributed by atoms with Gasteiger partial charge in [-0.3, -0.25) is 0 Å². The van der Waals surface area contributed by atoms with Crippen LogP contribution in [0.15, 0.2) is 12.1 Å². The minimum Gasteiger partial charge on any atom is -0.478 e. The molecular weight excluding hydrogens is 268 g/mol. The van der Waals surface area contributed by atoms with Crippen LogP contribution in [0.25, 0.3) is 0 Å². The Kier molecular flexibility index (Phi) is 4.52. The van der Waals surface area contributed by atoms with Gasteiger partial charge in [-0.2, -0.15) is 0 Å². The maximum Gasteiger partial charge on any atom is 0.335 e. The van der Waals surface area contributed by atoms with Crippen LogP contribution in [0, 0.1) is 5.92 Å². The lowest BCUT2D eigenvalue weighted by Gasteiger charge is -2.33. The topological polar surface area (TPSA) is 73.7 Å². The van der Waals surface area contributed by atoms with Gasteiger partial charge in [-0.15, -0.1) is 0 Å². The molecule has 5 heteroatoms. The molecule has 1 fully saturated rings. The van der Waals surface area contributed by atoms with Crippen LogP contribution in [0.1, 0.15) is 49.7 Å². The standard InChI is InChI=1S/C16H24N2O3/c1-16(2,3)13-8-12(15(20)21)9-14(17-13)18-6-4-11(10-19)5-7-18/h8-9,11,19H,4-7,10H2,1-3H3,(H,20,21). The zero-order valence-corrected chi connectivity index (χ0v) is 13.0. The van der Waals surface area contributed by atoms with Crippen LogP contribution in [0.3, 0.4) is 0 Å². The lowest BCUT2D eigenvalue weighted by atomic mass is 9.90. The fourth-order valence-electron chi connectivity index (χ4n) is 2.53. The summed E-state index contributed by atoms with van der Waals surface area (Å²) in [7, 11) is 0. The Labute approximate surface area is 125 Å². The normalized spacial score (nSPS) is 17.0. The highest BCUT2D eigenvalue weighted by Crippen LogP contribution is 2.27. The molecule has 5 nitrogen and oxygen atoms in total. The maximum absolute atomic E-state index is 11.3. The molecular formula is C16H24N2O3. The summed E-state index contributed by atoms with van der Waals surface area (Å²) in [4.78, 5) is 18.1. The van der Waals surface area contributed by atoms with Crippen molar-refractivity contribution < 1.29 is 15.0 Å². The largest absolute Gasteiger partial charge is 0.478 e. The van der Waals surface area contributed by atoms with Gasteiger partial charge in [-0.25, -0.2) is 9.78 Å². The number of hydrogen-bond acceptors (Lipinski definition) is 4. The van der Waals surface area contributed by atoms with Gasteiger partial charge in [0.25, 0.3) is 0 Å². The molecule has 2 N–H and O–H groups in total. The Morgan fingerprint density at radius 3 is 2.43 bits per heavy atom. The van der Waals surface area contributed by atoms with Crippen molar-refractivity contribution in [1.82, 2.24) is 4.98 Å². The van der Waals surface area contributed by atoms with Crippen molar-refractivity contribution in [3.8, 4) is 0 Å². The Bertz CT molecular complexity index is 515. The number of carboxylic acid groups (broad SMARTS) is 1. The van der Waals surface area contributed by atoms with Crippen molar-refractivity contribution >= 4 is 11.8 Å². The minimum absolute atomic E-state index is 0.191. The predicted octanol–water partition coefficient (Wildman–Crippen LogP) is 2.29. The summed E-state index contributed by atoms with van der Waals surface area (Å²) in [6.07, 6.45) is 1.83. The number of aliphatic hydroxyl groups is 1. The molecule has 1 saturated heterocycles. The molecule has 0 aromatic carbocycles. The van der Waals surface area contributed by atoms with E-state index in [1.165, 1.54) is 0 Å². The van der Waals surface area contributed by atoms with Crippen LogP contribution in [0.2, 0.25) is 0 Å². The zero-order valence-electron chi connectivity index (χ0n) is 13.0. The summed E-state index contributed by atoms with van der Waals surface area (Å²) in [6, 6.07) is 3.31. The summed E-state index contributed by atoms with van der Waals surface area (Å²) in [5, 5.41) is 18.5. The molecule has 0 radical (unpaired) electrons. The van der Waals surface area contributed by atoms with Crippen LogP contribution in [-0.4, -0.2) is 40.9 Å². The summed E-state index contributed by atoms with van der Waals surface area (Å²) in [5.41, 5.74) is 0.889. The molecule has 0 unspecified atom stereocenters. The van der Waals surface area contributed by atoms with Crippen LogP contribution in [0.4, 0.5) is 5.82 Å². The third-order valence-corrected chi connectivity index (χ3v) is 4.02. The molecule has 1 aliphatic rings. The van der Waals surface area contributed by atoms with E-state index in [4.69, 9.17) is 0 Å².